The van der Waals surface area contributed by atoms with Crippen molar-refractivity contribution in [1.29, 1.82) is 0 Å². The Morgan fingerprint density at radius 2 is 2.00 bits per heavy atom. The molecule has 1 atom stereocenters. The maximum absolute atomic E-state index is 12.2. The molecule has 0 fully saturated rings. The van der Waals surface area contributed by atoms with E-state index in [-0.39, 0.29) is 23.3 Å². The number of hydrogen-bond donors (Lipinski definition) is 1. The summed E-state index contributed by atoms with van der Waals surface area (Å²) in [6.45, 7) is 1.73. The summed E-state index contributed by atoms with van der Waals surface area (Å²) in [4.78, 5) is 21.0. The van der Waals surface area contributed by atoms with Crippen molar-refractivity contribution in [1.82, 2.24) is 9.97 Å². The topological polar surface area (TPSA) is 87.9 Å². The first-order chi connectivity index (χ1) is 10.5. The van der Waals surface area contributed by atoms with E-state index in [0.717, 1.165) is 0 Å². The van der Waals surface area contributed by atoms with E-state index >= 15 is 0 Å². The lowest BCUT2D eigenvalue weighted by atomic mass is 9.99. The fraction of sp³-hybridized carbons (Fsp3) is 0.286. The number of nitrogens with zero attached hydrogens (tertiary/aromatic N) is 4. The normalized spacial score (nSPS) is 20.5. The minimum atomic E-state index is -2.25. The van der Waals surface area contributed by atoms with Crippen LogP contribution in [0.1, 0.15) is 12.6 Å². The van der Waals surface area contributed by atoms with Gasteiger partial charge in [0.15, 0.2) is 11.0 Å². The summed E-state index contributed by atoms with van der Waals surface area (Å²) < 4.78 is 4.92. The molecule has 0 radical (unpaired) electrons. The third kappa shape index (κ3) is 2.01. The molecule has 1 unspecified atom stereocenters. The molecule has 0 saturated carbocycles. The van der Waals surface area contributed by atoms with E-state index in [1.165, 1.54) is 5.01 Å². The summed E-state index contributed by atoms with van der Waals surface area (Å²) in [5.41, 5.74) is -1.10. The molecule has 22 heavy (non-hydrogen) atoms. The predicted octanol–water partition coefficient (Wildman–Crippen LogP) is 1.38. The molecular weight excluding hydrogens is 308 g/mol. The van der Waals surface area contributed by atoms with Crippen LogP contribution in [0.5, 0.6) is 0 Å². The average Bonchev–Trinajstić information content (AvgIpc) is 2.51. The van der Waals surface area contributed by atoms with Gasteiger partial charge >= 0.3 is 5.97 Å². The monoisotopic (exact) mass is 320 g/mol. The molecular formula is C14H13ClN4O3. The maximum Gasteiger partial charge on any atom is 0.352 e. The number of aromatic nitrogens is 2. The quantitative estimate of drug-likeness (QED) is 0.841. The molecule has 1 aliphatic heterocycles. The Balaban J connectivity index is 2.28. The highest BCUT2D eigenvalue weighted by Crippen LogP contribution is 2.36. The summed E-state index contributed by atoms with van der Waals surface area (Å²) in [7, 11) is 1.61. The zero-order chi connectivity index (χ0) is 15.9. The van der Waals surface area contributed by atoms with Crippen molar-refractivity contribution in [3.63, 3.8) is 0 Å². The van der Waals surface area contributed by atoms with Crippen LogP contribution in [0.4, 0.5) is 5.82 Å². The van der Waals surface area contributed by atoms with Crippen LogP contribution < -0.4 is 5.01 Å². The van der Waals surface area contributed by atoms with Crippen molar-refractivity contribution in [3.8, 4) is 0 Å². The van der Waals surface area contributed by atoms with Crippen LogP contribution in [0.15, 0.2) is 29.4 Å². The van der Waals surface area contributed by atoms with Gasteiger partial charge in [0, 0.05) is 7.05 Å². The average molecular weight is 321 g/mol. The van der Waals surface area contributed by atoms with E-state index in [9.17, 15) is 9.90 Å². The first kappa shape index (κ1) is 14.7. The molecule has 0 aliphatic carbocycles. The molecule has 3 rings (SSSR count). The van der Waals surface area contributed by atoms with Gasteiger partial charge in [-0.25, -0.2) is 19.8 Å². The largest absolute Gasteiger partial charge is 0.463 e. The minimum Gasteiger partial charge on any atom is -0.463 e. The number of benzene rings is 1. The third-order valence-corrected chi connectivity index (χ3v) is 3.66. The Labute approximate surface area is 131 Å². The van der Waals surface area contributed by atoms with Gasteiger partial charge in [0.25, 0.3) is 5.60 Å². The molecule has 114 valence electrons. The van der Waals surface area contributed by atoms with Crippen LogP contribution in [0, 0.1) is 0 Å². The van der Waals surface area contributed by atoms with E-state index < -0.39 is 11.6 Å². The molecule has 2 heterocycles. The van der Waals surface area contributed by atoms with Gasteiger partial charge in [-0.2, -0.15) is 5.10 Å². The number of fused-ring (bicyclic) bond motifs is 2. The number of halogens is 1. The second kappa shape index (κ2) is 5.19. The van der Waals surface area contributed by atoms with Gasteiger partial charge < -0.3 is 9.84 Å². The van der Waals surface area contributed by atoms with Gasteiger partial charge in [-0.3, -0.25) is 0 Å². The number of hydrogen-bond acceptors (Lipinski definition) is 7. The minimum absolute atomic E-state index is 0.00662. The highest BCUT2D eigenvalue weighted by atomic mass is 35.5. The Bertz CT molecular complexity index is 795. The van der Waals surface area contributed by atoms with Crippen molar-refractivity contribution >= 4 is 39.6 Å². The summed E-state index contributed by atoms with van der Waals surface area (Å²) >= 11 is 6.02. The van der Waals surface area contributed by atoms with Crippen LogP contribution in [-0.2, 0) is 15.1 Å². The number of carbonyl (C=O) groups excluding carboxylic acids is 1. The van der Waals surface area contributed by atoms with E-state index in [2.05, 4.69) is 15.1 Å². The van der Waals surface area contributed by atoms with Gasteiger partial charge in [-0.05, 0) is 19.1 Å². The summed E-state index contributed by atoms with van der Waals surface area (Å²) in [5, 5.41) is 15.8. The lowest BCUT2D eigenvalue weighted by Gasteiger charge is -2.31. The van der Waals surface area contributed by atoms with E-state index in [1.54, 1.807) is 32.2 Å². The number of aliphatic hydroxyl groups is 1. The standard InChI is InChI=1S/C14H13ClN4O3/c1-3-22-13(20)14(21)10-11(19(2)18-12(14)15)17-9-7-5-4-6-8(9)16-10/h4-7,21H,3H2,1-2H3. The van der Waals surface area contributed by atoms with Crippen LogP contribution in [0.3, 0.4) is 0 Å². The maximum atomic E-state index is 12.2. The molecule has 0 spiro atoms. The van der Waals surface area contributed by atoms with Crippen molar-refractivity contribution in [3.05, 3.63) is 30.0 Å². The first-order valence-corrected chi connectivity index (χ1v) is 7.01. The van der Waals surface area contributed by atoms with Crippen molar-refractivity contribution in [2.45, 2.75) is 12.5 Å². The second-order valence-corrected chi connectivity index (χ2v) is 5.09. The zero-order valence-corrected chi connectivity index (χ0v) is 12.7. The van der Waals surface area contributed by atoms with Crippen molar-refractivity contribution in [2.24, 2.45) is 5.10 Å². The lowest BCUT2D eigenvalue weighted by molar-refractivity contribution is -0.158. The Kier molecular flexibility index (Phi) is 3.46. The van der Waals surface area contributed by atoms with Gasteiger partial charge in [0.05, 0.1) is 17.6 Å². The van der Waals surface area contributed by atoms with Crippen LogP contribution in [-0.4, -0.2) is 39.9 Å². The number of carbonyl (C=O) groups is 1. The van der Waals surface area contributed by atoms with Crippen LogP contribution in [0.2, 0.25) is 0 Å². The fourth-order valence-corrected chi connectivity index (χ4v) is 2.50. The number of anilines is 1. The van der Waals surface area contributed by atoms with Gasteiger partial charge in [0.1, 0.15) is 5.69 Å². The van der Waals surface area contributed by atoms with E-state index in [4.69, 9.17) is 16.3 Å². The number of hydrazone groups is 1. The van der Waals surface area contributed by atoms with Gasteiger partial charge in [0.2, 0.25) is 0 Å². The van der Waals surface area contributed by atoms with Crippen molar-refractivity contribution < 1.29 is 14.6 Å². The Hall–Kier alpha value is -2.25. The molecule has 1 aliphatic rings. The molecule has 1 aromatic heterocycles. The fourth-order valence-electron chi connectivity index (χ4n) is 2.22. The molecule has 0 saturated heterocycles. The smallest absolute Gasteiger partial charge is 0.352 e. The molecule has 7 nitrogen and oxygen atoms in total. The molecule has 1 N–H and O–H groups in total. The Morgan fingerprint density at radius 1 is 1.36 bits per heavy atom. The number of esters is 1. The van der Waals surface area contributed by atoms with Gasteiger partial charge in [-0.15, -0.1) is 0 Å². The number of para-hydroxylation sites is 2. The number of rotatable bonds is 2. The van der Waals surface area contributed by atoms with Crippen LogP contribution in [0.25, 0.3) is 11.0 Å². The molecule has 1 aromatic carbocycles. The molecule has 0 amide bonds. The lowest BCUT2D eigenvalue weighted by Crippen LogP contribution is -2.48. The molecule has 0 bridgehead atoms. The first-order valence-electron chi connectivity index (χ1n) is 6.63. The summed E-state index contributed by atoms with van der Waals surface area (Å²) in [6.07, 6.45) is 0. The third-order valence-electron chi connectivity index (χ3n) is 3.31. The molecule has 2 aromatic rings. The van der Waals surface area contributed by atoms with Crippen molar-refractivity contribution in [2.75, 3.05) is 18.7 Å². The van der Waals surface area contributed by atoms with Gasteiger partial charge in [-0.1, -0.05) is 23.7 Å². The highest BCUT2D eigenvalue weighted by molar-refractivity contribution is 6.69. The second-order valence-electron chi connectivity index (χ2n) is 4.73. The molecule has 8 heteroatoms. The zero-order valence-electron chi connectivity index (χ0n) is 11.9. The SMILES string of the molecule is CCOC(=O)C1(O)C(Cl)=NN(C)c2nc3ccccc3nc21. The Morgan fingerprint density at radius 3 is 2.64 bits per heavy atom. The summed E-state index contributed by atoms with van der Waals surface area (Å²) in [5.74, 6) is -0.679. The predicted molar refractivity (Wildman–Crippen MR) is 81.8 cm³/mol. The van der Waals surface area contributed by atoms with E-state index in [0.29, 0.717) is 11.0 Å². The van der Waals surface area contributed by atoms with Crippen LogP contribution >= 0.6 is 11.6 Å². The number of ether oxygens (including phenoxy) is 1. The summed E-state index contributed by atoms with van der Waals surface area (Å²) in [6, 6.07) is 7.11. The highest BCUT2D eigenvalue weighted by Gasteiger charge is 2.51. The van der Waals surface area contributed by atoms with E-state index in [1.807, 2.05) is 6.07 Å².